The van der Waals surface area contributed by atoms with Gasteiger partial charge in [-0.3, -0.25) is 4.79 Å². The van der Waals surface area contributed by atoms with Crippen molar-refractivity contribution in [3.63, 3.8) is 0 Å². The van der Waals surface area contributed by atoms with Crippen molar-refractivity contribution in [3.05, 3.63) is 81.9 Å². The van der Waals surface area contributed by atoms with Crippen molar-refractivity contribution in [3.8, 4) is 11.3 Å². The molecule has 0 aliphatic heterocycles. The molecular weight excluding hydrogens is 350 g/mol. The highest BCUT2D eigenvalue weighted by Gasteiger charge is 2.13. The summed E-state index contributed by atoms with van der Waals surface area (Å²) in [7, 11) is 0. The number of hydrogen-bond acceptors (Lipinski definition) is 5. The number of rotatable bonds is 3. The largest absolute Gasteiger partial charge is 0.368 e. The molecule has 26 heavy (non-hydrogen) atoms. The van der Waals surface area contributed by atoms with Gasteiger partial charge >= 0.3 is 0 Å². The van der Waals surface area contributed by atoms with E-state index in [-0.39, 0.29) is 11.5 Å². The second kappa shape index (κ2) is 6.57. The highest BCUT2D eigenvalue weighted by molar-refractivity contribution is 6.30. The van der Waals surface area contributed by atoms with Crippen LogP contribution in [-0.4, -0.2) is 19.7 Å². The summed E-state index contributed by atoms with van der Waals surface area (Å²) in [5.41, 5.74) is 7.68. The molecule has 0 aliphatic carbocycles. The molecule has 2 aromatic carbocycles. The zero-order valence-electron chi connectivity index (χ0n) is 13.6. The first kappa shape index (κ1) is 16.2. The van der Waals surface area contributed by atoms with Crippen molar-refractivity contribution in [1.82, 2.24) is 19.7 Å². The Kier molecular flexibility index (Phi) is 4.10. The Morgan fingerprint density at radius 2 is 1.62 bits per heavy atom. The molecule has 0 atom stereocenters. The number of nitrogens with two attached hydrogens (primary N) is 1. The molecule has 7 heteroatoms. The minimum absolute atomic E-state index is 0.157. The lowest BCUT2D eigenvalue weighted by atomic mass is 10.1. The van der Waals surface area contributed by atoms with Gasteiger partial charge in [-0.15, -0.1) is 0 Å². The average Bonchev–Trinajstić information content (AvgIpc) is 2.67. The van der Waals surface area contributed by atoms with Crippen LogP contribution in [0.3, 0.4) is 0 Å². The van der Waals surface area contributed by atoms with Crippen molar-refractivity contribution in [2.75, 3.05) is 5.73 Å². The summed E-state index contributed by atoms with van der Waals surface area (Å²) >= 11 is 5.93. The molecule has 2 aromatic heterocycles. The van der Waals surface area contributed by atoms with E-state index in [1.165, 1.54) is 4.68 Å². The van der Waals surface area contributed by atoms with Crippen LogP contribution < -0.4 is 11.3 Å². The Morgan fingerprint density at radius 1 is 0.962 bits per heavy atom. The van der Waals surface area contributed by atoms with E-state index in [1.807, 2.05) is 30.3 Å². The smallest absolute Gasteiger partial charge is 0.274 e. The molecule has 4 rings (SSSR count). The lowest BCUT2D eigenvalue weighted by Gasteiger charge is -2.11. The van der Waals surface area contributed by atoms with Gasteiger partial charge in [-0.1, -0.05) is 41.9 Å². The summed E-state index contributed by atoms with van der Waals surface area (Å²) in [6.07, 6.45) is 3.21. The molecule has 6 nitrogen and oxygen atoms in total. The van der Waals surface area contributed by atoms with Gasteiger partial charge in [0.15, 0.2) is 0 Å². The minimum Gasteiger partial charge on any atom is -0.368 e. The zero-order valence-corrected chi connectivity index (χ0v) is 14.4. The molecule has 4 aromatic rings. The SMILES string of the molecule is Nc1ncc(-c2nn(Cc3ccc(Cl)cc3)c(=O)c3ccccc23)cn1. The Labute approximate surface area is 153 Å². The quantitative estimate of drug-likeness (QED) is 0.604. The monoisotopic (exact) mass is 363 g/mol. The van der Waals surface area contributed by atoms with E-state index >= 15 is 0 Å². The van der Waals surface area contributed by atoms with Gasteiger partial charge in [0.1, 0.15) is 5.69 Å². The number of nitrogens with zero attached hydrogens (tertiary/aromatic N) is 4. The summed E-state index contributed by atoms with van der Waals surface area (Å²) in [6.45, 7) is 0.337. The van der Waals surface area contributed by atoms with Crippen molar-refractivity contribution in [2.24, 2.45) is 0 Å². The lowest BCUT2D eigenvalue weighted by Crippen LogP contribution is -2.24. The number of nitrogen functional groups attached to an aromatic ring is 1. The number of benzene rings is 2. The van der Waals surface area contributed by atoms with Gasteiger partial charge in [0.25, 0.3) is 5.56 Å². The van der Waals surface area contributed by atoms with Gasteiger partial charge in [-0.2, -0.15) is 5.10 Å². The van der Waals surface area contributed by atoms with E-state index in [4.69, 9.17) is 17.3 Å². The van der Waals surface area contributed by atoms with Crippen LogP contribution in [-0.2, 0) is 6.54 Å². The number of aromatic nitrogens is 4. The molecule has 0 spiro atoms. The van der Waals surface area contributed by atoms with Crippen molar-refractivity contribution in [2.45, 2.75) is 6.54 Å². The van der Waals surface area contributed by atoms with Crippen molar-refractivity contribution < 1.29 is 0 Å². The van der Waals surface area contributed by atoms with E-state index in [2.05, 4.69) is 15.1 Å². The molecule has 0 bridgehead atoms. The maximum Gasteiger partial charge on any atom is 0.274 e. The second-order valence-corrected chi connectivity index (χ2v) is 6.25. The predicted octanol–water partition coefficient (Wildman–Crippen LogP) is 3.14. The summed E-state index contributed by atoms with van der Waals surface area (Å²) in [5.74, 6) is 0.188. The van der Waals surface area contributed by atoms with Gasteiger partial charge in [-0.25, -0.2) is 14.6 Å². The van der Waals surface area contributed by atoms with Crippen LogP contribution in [0.25, 0.3) is 22.0 Å². The Bertz CT molecular complexity index is 1140. The fourth-order valence-corrected chi connectivity index (χ4v) is 2.90. The van der Waals surface area contributed by atoms with Gasteiger partial charge in [0.2, 0.25) is 5.95 Å². The van der Waals surface area contributed by atoms with E-state index < -0.39 is 0 Å². The predicted molar refractivity (Wildman–Crippen MR) is 102 cm³/mol. The third-order valence-electron chi connectivity index (χ3n) is 4.06. The van der Waals surface area contributed by atoms with Gasteiger partial charge < -0.3 is 5.73 Å². The summed E-state index contributed by atoms with van der Waals surface area (Å²) in [4.78, 5) is 20.9. The minimum atomic E-state index is -0.157. The van der Waals surface area contributed by atoms with Crippen LogP contribution in [0.5, 0.6) is 0 Å². The number of fused-ring (bicyclic) bond motifs is 1. The molecular formula is C19H14ClN5O. The molecule has 0 aliphatic rings. The Balaban J connectivity index is 1.90. The van der Waals surface area contributed by atoms with Crippen molar-refractivity contribution >= 4 is 28.3 Å². The Hall–Kier alpha value is -3.25. The highest BCUT2D eigenvalue weighted by atomic mass is 35.5. The molecule has 0 saturated heterocycles. The molecule has 0 radical (unpaired) electrons. The maximum absolute atomic E-state index is 12.9. The van der Waals surface area contributed by atoms with Crippen LogP contribution in [0.4, 0.5) is 5.95 Å². The fourth-order valence-electron chi connectivity index (χ4n) is 2.78. The Morgan fingerprint density at radius 3 is 2.31 bits per heavy atom. The van der Waals surface area contributed by atoms with Gasteiger partial charge in [0, 0.05) is 28.4 Å². The van der Waals surface area contributed by atoms with Gasteiger partial charge in [-0.05, 0) is 23.8 Å². The molecule has 128 valence electrons. The topological polar surface area (TPSA) is 86.7 Å². The third-order valence-corrected chi connectivity index (χ3v) is 4.31. The normalized spacial score (nSPS) is 11.0. The van der Waals surface area contributed by atoms with E-state index in [9.17, 15) is 4.79 Å². The van der Waals surface area contributed by atoms with Gasteiger partial charge in [0.05, 0.1) is 11.9 Å². The van der Waals surface area contributed by atoms with E-state index in [0.717, 1.165) is 10.9 Å². The summed E-state index contributed by atoms with van der Waals surface area (Å²) in [5, 5.41) is 6.55. The number of anilines is 1. The van der Waals surface area contributed by atoms with Crippen molar-refractivity contribution in [1.29, 1.82) is 0 Å². The average molecular weight is 364 g/mol. The van der Waals surface area contributed by atoms with E-state index in [0.29, 0.717) is 28.2 Å². The standard InChI is InChI=1S/C19H14ClN5O/c20-14-7-5-12(6-8-14)11-25-18(26)16-4-2-1-3-15(16)17(24-25)13-9-22-19(21)23-10-13/h1-10H,11H2,(H2,21,22,23). The second-order valence-electron chi connectivity index (χ2n) is 5.81. The fraction of sp³-hybridized carbons (Fsp3) is 0.0526. The zero-order chi connectivity index (χ0) is 18.1. The molecule has 0 fully saturated rings. The summed E-state index contributed by atoms with van der Waals surface area (Å²) in [6, 6.07) is 14.7. The molecule has 0 amide bonds. The highest BCUT2D eigenvalue weighted by Crippen LogP contribution is 2.24. The third kappa shape index (κ3) is 3.02. The van der Waals surface area contributed by atoms with Crippen LogP contribution >= 0.6 is 11.6 Å². The molecule has 2 N–H and O–H groups in total. The van der Waals surface area contributed by atoms with Crippen LogP contribution in [0.15, 0.2) is 65.7 Å². The van der Waals surface area contributed by atoms with Crippen LogP contribution in [0.1, 0.15) is 5.56 Å². The summed E-state index contributed by atoms with van der Waals surface area (Å²) < 4.78 is 1.44. The molecule has 2 heterocycles. The molecule has 0 saturated carbocycles. The van der Waals surface area contributed by atoms with Crippen LogP contribution in [0, 0.1) is 0 Å². The first-order valence-corrected chi connectivity index (χ1v) is 8.32. The number of halogens is 1. The van der Waals surface area contributed by atoms with Crippen LogP contribution in [0.2, 0.25) is 5.02 Å². The lowest BCUT2D eigenvalue weighted by molar-refractivity contribution is 0.651. The first-order chi connectivity index (χ1) is 12.6. The molecule has 0 unspecified atom stereocenters. The van der Waals surface area contributed by atoms with E-state index in [1.54, 1.807) is 30.6 Å². The first-order valence-electron chi connectivity index (χ1n) is 7.94. The number of hydrogen-bond donors (Lipinski definition) is 1. The maximum atomic E-state index is 12.9.